The summed E-state index contributed by atoms with van der Waals surface area (Å²) in [6.07, 6.45) is 2.00. The van der Waals surface area contributed by atoms with Crippen molar-refractivity contribution >= 4 is 37.5 Å². The molecule has 1 aromatic carbocycles. The highest BCUT2D eigenvalue weighted by molar-refractivity contribution is 9.10. The van der Waals surface area contributed by atoms with Gasteiger partial charge in [0.1, 0.15) is 0 Å². The lowest BCUT2D eigenvalue weighted by atomic mass is 10.3. The van der Waals surface area contributed by atoms with Gasteiger partial charge in [0.2, 0.25) is 0 Å². The smallest absolute Gasteiger partial charge is 0.0957 e. The van der Waals surface area contributed by atoms with Gasteiger partial charge in [-0.1, -0.05) is 6.07 Å². The van der Waals surface area contributed by atoms with Crippen LogP contribution in [0.2, 0.25) is 0 Å². The Morgan fingerprint density at radius 1 is 1.43 bits per heavy atom. The van der Waals surface area contributed by atoms with Crippen molar-refractivity contribution in [1.82, 2.24) is 4.98 Å². The molecule has 0 amide bonds. The average Bonchev–Trinajstić information content (AvgIpc) is 2.59. The average molecular weight is 271 g/mol. The molecule has 1 heterocycles. The summed E-state index contributed by atoms with van der Waals surface area (Å²) >= 11 is 5.25. The second-order valence-corrected chi connectivity index (χ2v) is 5.06. The van der Waals surface area contributed by atoms with E-state index in [2.05, 4.69) is 27.0 Å². The van der Waals surface area contributed by atoms with Gasteiger partial charge in [-0.25, -0.2) is 4.98 Å². The van der Waals surface area contributed by atoms with Gasteiger partial charge in [0.25, 0.3) is 0 Å². The molecular formula is C10H11BrN2S. The van der Waals surface area contributed by atoms with Crippen molar-refractivity contribution in [2.75, 3.05) is 6.54 Å². The summed E-state index contributed by atoms with van der Waals surface area (Å²) in [5.41, 5.74) is 6.54. The van der Waals surface area contributed by atoms with Crippen LogP contribution in [0.15, 0.2) is 22.7 Å². The van der Waals surface area contributed by atoms with Crippen LogP contribution in [-0.4, -0.2) is 11.5 Å². The Morgan fingerprint density at radius 3 is 3.00 bits per heavy atom. The quantitative estimate of drug-likeness (QED) is 0.932. The topological polar surface area (TPSA) is 38.9 Å². The number of thiazole rings is 1. The van der Waals surface area contributed by atoms with Crippen LogP contribution in [0.4, 0.5) is 0 Å². The zero-order valence-electron chi connectivity index (χ0n) is 7.66. The molecule has 1 aromatic heterocycles. The first kappa shape index (κ1) is 10.1. The van der Waals surface area contributed by atoms with Crippen LogP contribution in [0, 0.1) is 0 Å². The maximum Gasteiger partial charge on any atom is 0.0957 e. The van der Waals surface area contributed by atoms with Crippen LogP contribution in [0.3, 0.4) is 0 Å². The van der Waals surface area contributed by atoms with Crippen molar-refractivity contribution in [2.24, 2.45) is 5.73 Å². The molecule has 14 heavy (non-hydrogen) atoms. The molecule has 0 fully saturated rings. The van der Waals surface area contributed by atoms with E-state index in [4.69, 9.17) is 5.73 Å². The Kier molecular flexibility index (Phi) is 3.15. The maximum absolute atomic E-state index is 5.47. The van der Waals surface area contributed by atoms with Crippen molar-refractivity contribution < 1.29 is 0 Å². The molecule has 0 spiro atoms. The molecule has 0 saturated heterocycles. The van der Waals surface area contributed by atoms with Crippen molar-refractivity contribution in [3.05, 3.63) is 27.7 Å². The zero-order valence-corrected chi connectivity index (χ0v) is 10.1. The Bertz CT molecular complexity index is 439. The number of para-hydroxylation sites is 1. The number of nitrogens with zero attached hydrogens (tertiary/aromatic N) is 1. The summed E-state index contributed by atoms with van der Waals surface area (Å²) in [7, 11) is 0. The summed E-state index contributed by atoms with van der Waals surface area (Å²) in [6, 6.07) is 6.16. The standard InChI is InChI=1S/C10H11BrN2S/c11-7-3-1-4-8-10(7)13-9(14-8)5-2-6-12/h1,3-4H,2,5-6,12H2. The van der Waals surface area contributed by atoms with Crippen molar-refractivity contribution in [3.8, 4) is 0 Å². The van der Waals surface area contributed by atoms with Gasteiger partial charge in [0.15, 0.2) is 0 Å². The fourth-order valence-electron chi connectivity index (χ4n) is 1.32. The Labute approximate surface area is 95.3 Å². The van der Waals surface area contributed by atoms with Gasteiger partial charge >= 0.3 is 0 Å². The van der Waals surface area contributed by atoms with Crippen LogP contribution in [-0.2, 0) is 6.42 Å². The Hall–Kier alpha value is -0.450. The fourth-order valence-corrected chi connectivity index (χ4v) is 2.94. The molecule has 4 heteroatoms. The van der Waals surface area contributed by atoms with E-state index in [0.717, 1.165) is 29.4 Å². The number of aromatic nitrogens is 1. The van der Waals surface area contributed by atoms with Gasteiger partial charge in [0.05, 0.1) is 15.2 Å². The van der Waals surface area contributed by atoms with Gasteiger partial charge in [-0.2, -0.15) is 0 Å². The number of aryl methyl sites for hydroxylation is 1. The summed E-state index contributed by atoms with van der Waals surface area (Å²) in [6.45, 7) is 0.733. The minimum Gasteiger partial charge on any atom is -0.330 e. The number of benzene rings is 1. The minimum atomic E-state index is 0.733. The maximum atomic E-state index is 5.47. The summed E-state index contributed by atoms with van der Waals surface area (Å²) in [5, 5.41) is 1.18. The van der Waals surface area contributed by atoms with Crippen LogP contribution in [0.5, 0.6) is 0 Å². The van der Waals surface area contributed by atoms with Gasteiger partial charge in [-0.05, 0) is 41.0 Å². The number of hydrogen-bond acceptors (Lipinski definition) is 3. The number of fused-ring (bicyclic) bond motifs is 1. The molecule has 2 rings (SSSR count). The molecule has 74 valence electrons. The Balaban J connectivity index is 2.36. The van der Waals surface area contributed by atoms with E-state index >= 15 is 0 Å². The highest BCUT2D eigenvalue weighted by atomic mass is 79.9. The van der Waals surface area contributed by atoms with Crippen LogP contribution < -0.4 is 5.73 Å². The highest BCUT2D eigenvalue weighted by Gasteiger charge is 2.05. The molecule has 0 atom stereocenters. The van der Waals surface area contributed by atoms with Crippen molar-refractivity contribution in [3.63, 3.8) is 0 Å². The van der Waals surface area contributed by atoms with E-state index in [0.29, 0.717) is 0 Å². The molecule has 0 radical (unpaired) electrons. The summed E-state index contributed by atoms with van der Waals surface area (Å²) in [4.78, 5) is 4.57. The van der Waals surface area contributed by atoms with Gasteiger partial charge in [0, 0.05) is 10.9 Å². The van der Waals surface area contributed by atoms with Gasteiger partial charge < -0.3 is 5.73 Å². The third-order valence-corrected chi connectivity index (χ3v) is 3.73. The number of rotatable bonds is 3. The molecule has 2 nitrogen and oxygen atoms in total. The highest BCUT2D eigenvalue weighted by Crippen LogP contribution is 2.28. The molecule has 0 aliphatic rings. The second kappa shape index (κ2) is 4.38. The van der Waals surface area contributed by atoms with E-state index in [9.17, 15) is 0 Å². The lowest BCUT2D eigenvalue weighted by Gasteiger charge is -1.90. The SMILES string of the molecule is NCCCc1nc2c(Br)cccc2s1. The van der Waals surface area contributed by atoms with Gasteiger partial charge in [-0.3, -0.25) is 0 Å². The number of nitrogens with two attached hydrogens (primary N) is 1. The van der Waals surface area contributed by atoms with Crippen LogP contribution >= 0.6 is 27.3 Å². The fraction of sp³-hybridized carbons (Fsp3) is 0.300. The first-order valence-electron chi connectivity index (χ1n) is 4.55. The van der Waals surface area contributed by atoms with E-state index < -0.39 is 0 Å². The Morgan fingerprint density at radius 2 is 2.29 bits per heavy atom. The first-order valence-corrected chi connectivity index (χ1v) is 6.16. The molecule has 2 N–H and O–H groups in total. The predicted molar refractivity (Wildman–Crippen MR) is 64.7 cm³/mol. The molecule has 0 unspecified atom stereocenters. The van der Waals surface area contributed by atoms with E-state index in [1.54, 1.807) is 11.3 Å². The normalized spacial score (nSPS) is 11.0. The lowest BCUT2D eigenvalue weighted by Crippen LogP contribution is -1.99. The molecule has 2 aromatic rings. The first-order chi connectivity index (χ1) is 6.81. The number of hydrogen-bond donors (Lipinski definition) is 1. The van der Waals surface area contributed by atoms with Crippen LogP contribution in [0.25, 0.3) is 10.2 Å². The molecule has 0 saturated carbocycles. The largest absolute Gasteiger partial charge is 0.330 e. The lowest BCUT2D eigenvalue weighted by molar-refractivity contribution is 0.828. The zero-order chi connectivity index (χ0) is 9.97. The van der Waals surface area contributed by atoms with Crippen molar-refractivity contribution in [2.45, 2.75) is 12.8 Å². The third kappa shape index (κ3) is 1.97. The van der Waals surface area contributed by atoms with Crippen LogP contribution in [0.1, 0.15) is 11.4 Å². The summed E-state index contributed by atoms with van der Waals surface area (Å²) in [5.74, 6) is 0. The van der Waals surface area contributed by atoms with E-state index in [1.807, 2.05) is 12.1 Å². The predicted octanol–water partition coefficient (Wildman–Crippen LogP) is 2.95. The second-order valence-electron chi connectivity index (χ2n) is 3.09. The van der Waals surface area contributed by atoms with Crippen molar-refractivity contribution in [1.29, 1.82) is 0 Å². The molecular weight excluding hydrogens is 260 g/mol. The third-order valence-electron chi connectivity index (χ3n) is 2.01. The number of halogens is 1. The summed E-state index contributed by atoms with van der Waals surface area (Å²) < 4.78 is 2.32. The molecule has 0 aliphatic carbocycles. The monoisotopic (exact) mass is 270 g/mol. The van der Waals surface area contributed by atoms with E-state index in [-0.39, 0.29) is 0 Å². The molecule has 0 bridgehead atoms. The van der Waals surface area contributed by atoms with E-state index in [1.165, 1.54) is 9.71 Å². The minimum absolute atomic E-state index is 0.733. The van der Waals surface area contributed by atoms with Gasteiger partial charge in [-0.15, -0.1) is 11.3 Å². The molecule has 0 aliphatic heterocycles.